The lowest BCUT2D eigenvalue weighted by Crippen LogP contribution is -2.52. The van der Waals surface area contributed by atoms with Crippen molar-refractivity contribution in [3.63, 3.8) is 0 Å². The Labute approximate surface area is 193 Å². The van der Waals surface area contributed by atoms with E-state index in [0.29, 0.717) is 0 Å². The van der Waals surface area contributed by atoms with E-state index in [1.54, 1.807) is 32.0 Å². The lowest BCUT2D eigenvalue weighted by Gasteiger charge is -2.32. The molecule has 0 radical (unpaired) electrons. The molecule has 0 unspecified atom stereocenters. The molecular formula is C22H27ClFN3O4S. The quantitative estimate of drug-likeness (QED) is 0.593. The summed E-state index contributed by atoms with van der Waals surface area (Å²) in [6.07, 6.45) is 0.958. The average Bonchev–Trinajstić information content (AvgIpc) is 2.70. The molecule has 2 aromatic rings. The molecule has 0 heterocycles. The Kier molecular flexibility index (Phi) is 8.63. The number of hydrogen-bond acceptors (Lipinski definition) is 4. The largest absolute Gasteiger partial charge is 0.352 e. The van der Waals surface area contributed by atoms with Crippen LogP contribution in [0, 0.1) is 5.82 Å². The van der Waals surface area contributed by atoms with Gasteiger partial charge in [-0.15, -0.1) is 0 Å². The maximum Gasteiger partial charge on any atom is 0.244 e. The monoisotopic (exact) mass is 483 g/mol. The van der Waals surface area contributed by atoms with Crippen molar-refractivity contribution in [2.24, 2.45) is 0 Å². The van der Waals surface area contributed by atoms with Gasteiger partial charge in [0, 0.05) is 18.2 Å². The lowest BCUT2D eigenvalue weighted by molar-refractivity contribution is -0.139. The highest BCUT2D eigenvalue weighted by molar-refractivity contribution is 7.92. The molecule has 0 aliphatic carbocycles. The van der Waals surface area contributed by atoms with Crippen LogP contribution in [0.15, 0.2) is 48.5 Å². The van der Waals surface area contributed by atoms with Crippen LogP contribution in [0.5, 0.6) is 0 Å². The molecule has 7 nitrogen and oxygen atoms in total. The number of nitrogens with one attached hydrogen (secondary N) is 1. The van der Waals surface area contributed by atoms with Crippen LogP contribution in [0.3, 0.4) is 0 Å². The first-order valence-electron chi connectivity index (χ1n) is 9.97. The van der Waals surface area contributed by atoms with E-state index in [1.165, 1.54) is 37.3 Å². The molecule has 174 valence electrons. The summed E-state index contributed by atoms with van der Waals surface area (Å²) in [5.74, 6) is -1.65. The summed E-state index contributed by atoms with van der Waals surface area (Å²) < 4.78 is 40.1. The Hall–Kier alpha value is -2.65. The maximum atomic E-state index is 14.3. The minimum atomic E-state index is -3.89. The van der Waals surface area contributed by atoms with Gasteiger partial charge in [0.15, 0.2) is 0 Å². The molecule has 0 aliphatic rings. The van der Waals surface area contributed by atoms with E-state index in [1.807, 2.05) is 0 Å². The molecule has 1 N–H and O–H groups in total. The standard InChI is InChI=1S/C22H27ClFN3O4S/c1-15(2)25-22(29)16(3)26(13-17-9-5-7-11-19(17)24)21(28)14-27(32(4,30)31)20-12-8-6-10-18(20)23/h5-12,15-16H,13-14H2,1-4H3,(H,25,29)/t16-/m1/s1. The fraction of sp³-hybridized carbons (Fsp3) is 0.364. The first-order valence-corrected chi connectivity index (χ1v) is 12.2. The van der Waals surface area contributed by atoms with Gasteiger partial charge in [-0.3, -0.25) is 13.9 Å². The molecule has 32 heavy (non-hydrogen) atoms. The van der Waals surface area contributed by atoms with Gasteiger partial charge in [0.05, 0.1) is 17.0 Å². The van der Waals surface area contributed by atoms with Gasteiger partial charge in [0.25, 0.3) is 0 Å². The van der Waals surface area contributed by atoms with Crippen molar-refractivity contribution in [1.29, 1.82) is 0 Å². The Bertz CT molecular complexity index is 1080. The van der Waals surface area contributed by atoms with E-state index in [2.05, 4.69) is 5.32 Å². The van der Waals surface area contributed by atoms with Crippen LogP contribution in [0.1, 0.15) is 26.3 Å². The van der Waals surface area contributed by atoms with Crippen LogP contribution < -0.4 is 9.62 Å². The highest BCUT2D eigenvalue weighted by Crippen LogP contribution is 2.27. The van der Waals surface area contributed by atoms with Crippen LogP contribution in [-0.2, 0) is 26.2 Å². The van der Waals surface area contributed by atoms with E-state index in [9.17, 15) is 22.4 Å². The number of sulfonamides is 1. The molecule has 10 heteroatoms. The van der Waals surface area contributed by atoms with Gasteiger partial charge in [-0.1, -0.05) is 41.9 Å². The van der Waals surface area contributed by atoms with Crippen molar-refractivity contribution in [3.05, 3.63) is 64.9 Å². The minimum absolute atomic E-state index is 0.134. The summed E-state index contributed by atoms with van der Waals surface area (Å²) in [4.78, 5) is 27.1. The number of para-hydroxylation sites is 1. The number of rotatable bonds is 9. The maximum absolute atomic E-state index is 14.3. The van der Waals surface area contributed by atoms with Crippen LogP contribution in [0.2, 0.25) is 5.02 Å². The second kappa shape index (κ2) is 10.8. The first-order chi connectivity index (χ1) is 14.9. The predicted octanol–water partition coefficient (Wildman–Crippen LogP) is 3.19. The van der Waals surface area contributed by atoms with Crippen LogP contribution >= 0.6 is 11.6 Å². The Morgan fingerprint density at radius 2 is 1.66 bits per heavy atom. The van der Waals surface area contributed by atoms with Gasteiger partial charge >= 0.3 is 0 Å². The third-order valence-corrected chi connectivity index (χ3v) is 6.14. The number of anilines is 1. The molecule has 0 bridgehead atoms. The summed E-state index contributed by atoms with van der Waals surface area (Å²) in [6.45, 7) is 4.25. The summed E-state index contributed by atoms with van der Waals surface area (Å²) in [7, 11) is -3.89. The van der Waals surface area contributed by atoms with Gasteiger partial charge in [-0.25, -0.2) is 12.8 Å². The normalized spacial score (nSPS) is 12.3. The molecule has 2 aromatic carbocycles. The van der Waals surface area contributed by atoms with Crippen LogP contribution in [-0.4, -0.2) is 50.0 Å². The smallest absolute Gasteiger partial charge is 0.244 e. The highest BCUT2D eigenvalue weighted by atomic mass is 35.5. The van der Waals surface area contributed by atoms with Crippen molar-refractivity contribution in [2.45, 2.75) is 39.4 Å². The highest BCUT2D eigenvalue weighted by Gasteiger charge is 2.31. The van der Waals surface area contributed by atoms with Gasteiger partial charge in [0.2, 0.25) is 21.8 Å². The fourth-order valence-corrected chi connectivity index (χ4v) is 4.20. The Balaban J connectivity index is 2.42. The average molecular weight is 484 g/mol. The molecule has 2 amide bonds. The summed E-state index contributed by atoms with van der Waals surface area (Å²) in [5, 5.41) is 2.87. The number of halogens is 2. The van der Waals surface area contributed by atoms with E-state index >= 15 is 0 Å². The number of amides is 2. The van der Waals surface area contributed by atoms with Crippen molar-refractivity contribution in [3.8, 4) is 0 Å². The molecule has 2 rings (SSSR count). The second-order valence-electron chi connectivity index (χ2n) is 7.67. The number of carbonyl (C=O) groups is 2. The molecule has 1 atom stereocenters. The minimum Gasteiger partial charge on any atom is -0.352 e. The molecule has 0 saturated carbocycles. The second-order valence-corrected chi connectivity index (χ2v) is 9.99. The Morgan fingerprint density at radius 1 is 1.06 bits per heavy atom. The van der Waals surface area contributed by atoms with Crippen molar-refractivity contribution >= 4 is 39.1 Å². The molecule has 0 fully saturated rings. The third-order valence-electron chi connectivity index (χ3n) is 4.70. The summed E-state index contributed by atoms with van der Waals surface area (Å²) in [6, 6.07) is 11.0. The van der Waals surface area contributed by atoms with Crippen molar-refractivity contribution in [2.75, 3.05) is 17.1 Å². The van der Waals surface area contributed by atoms with Crippen molar-refractivity contribution < 1.29 is 22.4 Å². The van der Waals surface area contributed by atoms with Crippen molar-refractivity contribution in [1.82, 2.24) is 10.2 Å². The predicted molar refractivity (Wildman–Crippen MR) is 123 cm³/mol. The van der Waals surface area contributed by atoms with Crippen LogP contribution in [0.25, 0.3) is 0 Å². The molecule has 0 aromatic heterocycles. The molecule has 0 aliphatic heterocycles. The van der Waals surface area contributed by atoms with E-state index < -0.39 is 40.2 Å². The zero-order valence-corrected chi connectivity index (χ0v) is 20.0. The molecule has 0 saturated heterocycles. The zero-order valence-electron chi connectivity index (χ0n) is 18.4. The van der Waals surface area contributed by atoms with Gasteiger partial charge in [-0.05, 0) is 39.0 Å². The van der Waals surface area contributed by atoms with E-state index in [0.717, 1.165) is 15.5 Å². The van der Waals surface area contributed by atoms with Gasteiger partial charge < -0.3 is 10.2 Å². The van der Waals surface area contributed by atoms with E-state index in [4.69, 9.17) is 11.6 Å². The molecule has 0 spiro atoms. The number of nitrogens with zero attached hydrogens (tertiary/aromatic N) is 2. The number of carbonyl (C=O) groups excluding carboxylic acids is 2. The molecular weight excluding hydrogens is 457 g/mol. The Morgan fingerprint density at radius 3 is 2.22 bits per heavy atom. The van der Waals surface area contributed by atoms with E-state index in [-0.39, 0.29) is 28.9 Å². The van der Waals surface area contributed by atoms with Crippen LogP contribution in [0.4, 0.5) is 10.1 Å². The summed E-state index contributed by atoms with van der Waals surface area (Å²) in [5.41, 5.74) is 0.337. The number of benzene rings is 2. The SMILES string of the molecule is CC(C)NC(=O)[C@@H](C)N(Cc1ccccc1F)C(=O)CN(c1ccccc1Cl)S(C)(=O)=O. The topological polar surface area (TPSA) is 86.8 Å². The van der Waals surface area contributed by atoms with Gasteiger partial charge in [-0.2, -0.15) is 0 Å². The van der Waals surface area contributed by atoms with Gasteiger partial charge in [0.1, 0.15) is 18.4 Å². The fourth-order valence-electron chi connectivity index (χ4n) is 3.05. The zero-order chi connectivity index (χ0) is 24.1. The summed E-state index contributed by atoms with van der Waals surface area (Å²) >= 11 is 6.16. The third kappa shape index (κ3) is 6.67. The number of hydrogen-bond donors (Lipinski definition) is 1. The first kappa shape index (κ1) is 25.6. The lowest BCUT2D eigenvalue weighted by atomic mass is 10.1.